The zero-order valence-corrected chi connectivity index (χ0v) is 13.8. The van der Waals surface area contributed by atoms with E-state index in [9.17, 15) is 14.7 Å². The molecule has 7 heteroatoms. The number of phenolic OH excluding ortho intramolecular Hbond substituents is 1. The third-order valence-corrected chi connectivity index (χ3v) is 4.62. The summed E-state index contributed by atoms with van der Waals surface area (Å²) < 4.78 is 0.328. The van der Waals surface area contributed by atoms with Crippen molar-refractivity contribution in [3.8, 4) is 5.75 Å². The van der Waals surface area contributed by atoms with Crippen molar-refractivity contribution in [2.24, 2.45) is 0 Å². The lowest BCUT2D eigenvalue weighted by atomic mass is 10.1. The van der Waals surface area contributed by atoms with Gasteiger partial charge < -0.3 is 10.2 Å². The van der Waals surface area contributed by atoms with E-state index in [-0.39, 0.29) is 17.2 Å². The van der Waals surface area contributed by atoms with Gasteiger partial charge in [-0.1, -0.05) is 42.2 Å². The third-order valence-electron chi connectivity index (χ3n) is 3.31. The predicted octanol–water partition coefficient (Wildman–Crippen LogP) is 3.50. The molecule has 1 fully saturated rings. The van der Waals surface area contributed by atoms with E-state index in [0.29, 0.717) is 20.5 Å². The van der Waals surface area contributed by atoms with Crippen molar-refractivity contribution in [3.63, 3.8) is 0 Å². The number of thiocarbonyl (C=S) groups is 1. The number of carboxylic acid groups (broad SMARTS) is 1. The lowest BCUT2D eigenvalue weighted by molar-refractivity contribution is -0.113. The first-order chi connectivity index (χ1) is 11.5. The number of anilines is 1. The fourth-order valence-corrected chi connectivity index (χ4v) is 3.53. The number of aromatic hydroxyl groups is 1. The Hall–Kier alpha value is -2.64. The average Bonchev–Trinajstić information content (AvgIpc) is 2.81. The number of thioether (sulfide) groups is 1. The second-order valence-corrected chi connectivity index (χ2v) is 6.64. The molecule has 3 rings (SSSR count). The van der Waals surface area contributed by atoms with Gasteiger partial charge >= 0.3 is 5.97 Å². The lowest BCUT2D eigenvalue weighted by Gasteiger charge is -2.14. The van der Waals surface area contributed by atoms with Crippen molar-refractivity contribution in [1.29, 1.82) is 0 Å². The van der Waals surface area contributed by atoms with Crippen LogP contribution in [0.15, 0.2) is 53.4 Å². The summed E-state index contributed by atoms with van der Waals surface area (Å²) in [6.45, 7) is 0. The van der Waals surface area contributed by atoms with E-state index in [2.05, 4.69) is 0 Å². The van der Waals surface area contributed by atoms with Gasteiger partial charge in [-0.25, -0.2) is 4.79 Å². The quantitative estimate of drug-likeness (QED) is 0.647. The highest BCUT2D eigenvalue weighted by Gasteiger charge is 2.33. The van der Waals surface area contributed by atoms with E-state index in [1.165, 1.54) is 23.1 Å². The summed E-state index contributed by atoms with van der Waals surface area (Å²) in [6, 6.07) is 12.6. The van der Waals surface area contributed by atoms with Crippen molar-refractivity contribution in [1.82, 2.24) is 0 Å². The highest BCUT2D eigenvalue weighted by atomic mass is 32.2. The van der Waals surface area contributed by atoms with Gasteiger partial charge in [0.2, 0.25) is 0 Å². The third kappa shape index (κ3) is 3.17. The Morgan fingerprint density at radius 1 is 1.17 bits per heavy atom. The first-order valence-electron chi connectivity index (χ1n) is 6.86. The molecule has 1 heterocycles. The van der Waals surface area contributed by atoms with E-state index in [1.54, 1.807) is 36.4 Å². The number of hydrogen-bond acceptors (Lipinski definition) is 5. The molecule has 0 bridgehead atoms. The Balaban J connectivity index is 1.95. The molecule has 0 saturated carbocycles. The molecule has 0 unspecified atom stereocenters. The van der Waals surface area contributed by atoms with Crippen LogP contribution in [0, 0.1) is 0 Å². The summed E-state index contributed by atoms with van der Waals surface area (Å²) in [5.74, 6) is -1.29. The Bertz CT molecular complexity index is 892. The molecular weight excluding hydrogens is 346 g/mol. The SMILES string of the molecule is O=C(O)c1cccc(N2C(=O)C(=Cc3cccc(O)c3)SC2=S)c1. The fraction of sp³-hybridized carbons (Fsp3) is 0. The zero-order valence-electron chi connectivity index (χ0n) is 12.2. The summed E-state index contributed by atoms with van der Waals surface area (Å²) in [5.41, 5.74) is 1.17. The molecule has 2 aromatic rings. The van der Waals surface area contributed by atoms with Crippen LogP contribution in [0.1, 0.15) is 15.9 Å². The van der Waals surface area contributed by atoms with Crippen LogP contribution in [0.5, 0.6) is 5.75 Å². The largest absolute Gasteiger partial charge is 0.508 e. The van der Waals surface area contributed by atoms with Gasteiger partial charge in [0, 0.05) is 0 Å². The molecule has 24 heavy (non-hydrogen) atoms. The number of carbonyl (C=O) groups is 2. The van der Waals surface area contributed by atoms with Crippen LogP contribution in [0.25, 0.3) is 6.08 Å². The molecule has 1 saturated heterocycles. The van der Waals surface area contributed by atoms with Crippen molar-refractivity contribution in [2.45, 2.75) is 0 Å². The molecule has 1 aliphatic heterocycles. The number of amides is 1. The zero-order chi connectivity index (χ0) is 17.3. The van der Waals surface area contributed by atoms with Gasteiger partial charge in [-0.2, -0.15) is 0 Å². The van der Waals surface area contributed by atoms with Crippen LogP contribution in [0.3, 0.4) is 0 Å². The number of nitrogens with zero attached hydrogens (tertiary/aromatic N) is 1. The van der Waals surface area contributed by atoms with Crippen LogP contribution in [0.2, 0.25) is 0 Å². The van der Waals surface area contributed by atoms with Gasteiger partial charge in [0.15, 0.2) is 4.32 Å². The number of rotatable bonds is 3. The smallest absolute Gasteiger partial charge is 0.335 e. The number of carboxylic acids is 1. The van der Waals surface area contributed by atoms with Gasteiger partial charge in [0.25, 0.3) is 5.91 Å². The van der Waals surface area contributed by atoms with Crippen LogP contribution in [-0.4, -0.2) is 26.4 Å². The summed E-state index contributed by atoms with van der Waals surface area (Å²) >= 11 is 6.39. The molecule has 120 valence electrons. The van der Waals surface area contributed by atoms with Gasteiger partial charge in [0.1, 0.15) is 5.75 Å². The Morgan fingerprint density at radius 2 is 1.92 bits per heavy atom. The first kappa shape index (κ1) is 16.2. The van der Waals surface area contributed by atoms with Gasteiger partial charge in [-0.3, -0.25) is 9.69 Å². The molecule has 0 radical (unpaired) electrons. The molecular formula is C17H11NO4S2. The van der Waals surface area contributed by atoms with E-state index >= 15 is 0 Å². The summed E-state index contributed by atoms with van der Waals surface area (Å²) in [7, 11) is 0. The predicted molar refractivity (Wildman–Crippen MR) is 97.2 cm³/mol. The molecule has 2 N–H and O–H groups in total. The Morgan fingerprint density at radius 3 is 2.62 bits per heavy atom. The molecule has 0 aliphatic carbocycles. The number of hydrogen-bond donors (Lipinski definition) is 2. The molecule has 0 aromatic heterocycles. The van der Waals surface area contributed by atoms with Crippen molar-refractivity contribution < 1.29 is 19.8 Å². The molecule has 0 spiro atoms. The monoisotopic (exact) mass is 357 g/mol. The summed E-state index contributed by atoms with van der Waals surface area (Å²) in [5, 5.41) is 18.6. The molecule has 5 nitrogen and oxygen atoms in total. The normalized spacial score (nSPS) is 16.0. The second-order valence-electron chi connectivity index (χ2n) is 4.97. The van der Waals surface area contributed by atoms with Gasteiger partial charge in [-0.05, 0) is 42.0 Å². The van der Waals surface area contributed by atoms with Gasteiger partial charge in [0.05, 0.1) is 16.2 Å². The highest BCUT2D eigenvalue weighted by molar-refractivity contribution is 8.27. The number of carbonyl (C=O) groups excluding carboxylic acids is 1. The Kier molecular flexibility index (Phi) is 4.37. The van der Waals surface area contributed by atoms with Crippen LogP contribution in [0.4, 0.5) is 5.69 Å². The van der Waals surface area contributed by atoms with E-state index < -0.39 is 5.97 Å². The summed E-state index contributed by atoms with van der Waals surface area (Å²) in [4.78, 5) is 25.4. The second kappa shape index (κ2) is 6.46. The topological polar surface area (TPSA) is 77.8 Å². The summed E-state index contributed by atoms with van der Waals surface area (Å²) in [6.07, 6.45) is 1.64. The van der Waals surface area contributed by atoms with Crippen LogP contribution >= 0.6 is 24.0 Å². The van der Waals surface area contributed by atoms with Crippen molar-refractivity contribution >= 4 is 51.9 Å². The van der Waals surface area contributed by atoms with Crippen LogP contribution < -0.4 is 4.90 Å². The molecule has 1 aliphatic rings. The minimum Gasteiger partial charge on any atom is -0.508 e. The maximum absolute atomic E-state index is 12.6. The van der Waals surface area contributed by atoms with Crippen molar-refractivity contribution in [3.05, 3.63) is 64.6 Å². The first-order valence-corrected chi connectivity index (χ1v) is 8.08. The van der Waals surface area contributed by atoms with E-state index in [1.807, 2.05) is 0 Å². The lowest BCUT2D eigenvalue weighted by Crippen LogP contribution is -2.27. The molecule has 0 atom stereocenters. The van der Waals surface area contributed by atoms with Gasteiger partial charge in [-0.15, -0.1) is 0 Å². The maximum atomic E-state index is 12.6. The number of phenols is 1. The minimum atomic E-state index is -1.07. The number of aromatic carboxylic acids is 1. The average molecular weight is 357 g/mol. The standard InChI is InChI=1S/C17H11NO4S2/c19-13-6-1-3-10(7-13)8-14-15(20)18(17(23)24-14)12-5-2-4-11(9-12)16(21)22/h1-9,19H,(H,21,22). The van der Waals surface area contributed by atoms with Crippen molar-refractivity contribution in [2.75, 3.05) is 4.90 Å². The van der Waals surface area contributed by atoms with E-state index in [0.717, 1.165) is 11.8 Å². The molecule has 2 aromatic carbocycles. The molecule has 1 amide bonds. The fourth-order valence-electron chi connectivity index (χ4n) is 2.23. The number of benzene rings is 2. The highest BCUT2D eigenvalue weighted by Crippen LogP contribution is 2.36. The Labute approximate surface area is 147 Å². The van der Waals surface area contributed by atoms with Crippen LogP contribution in [-0.2, 0) is 4.79 Å². The van der Waals surface area contributed by atoms with E-state index in [4.69, 9.17) is 17.3 Å². The maximum Gasteiger partial charge on any atom is 0.335 e. The minimum absolute atomic E-state index is 0.0820.